The molecule has 0 saturated heterocycles. The van der Waals surface area contributed by atoms with Crippen LogP contribution in [0.4, 0.5) is 17.1 Å². The monoisotopic (exact) mass is 821 g/mol. The molecular formula is C53H63N3O5. The SMILES string of the molecule is CCCCCCCCCCCCc1ccc(N=Nc2ccc(OC(=O)c3cccc(N=Cc4ccc(OC(=O)c5ccc(OCCCCCCCC)cc5)cc4)c3)cc2)cc1. The molecule has 0 spiro atoms. The maximum absolute atomic E-state index is 13.0. The number of esters is 2. The number of benzene rings is 5. The van der Waals surface area contributed by atoms with E-state index in [0.717, 1.165) is 29.8 Å². The molecule has 5 rings (SSSR count). The highest BCUT2D eigenvalue weighted by Gasteiger charge is 2.11. The van der Waals surface area contributed by atoms with Crippen LogP contribution in [0.15, 0.2) is 137 Å². The number of carbonyl (C=O) groups is 2. The number of unbranched alkanes of at least 4 members (excludes halogenated alkanes) is 14. The van der Waals surface area contributed by atoms with E-state index >= 15 is 0 Å². The smallest absolute Gasteiger partial charge is 0.343 e. The number of aryl methyl sites for hydroxylation is 1. The molecule has 0 atom stereocenters. The molecule has 8 heteroatoms. The van der Waals surface area contributed by atoms with Crippen molar-refractivity contribution in [2.75, 3.05) is 6.61 Å². The molecule has 320 valence electrons. The predicted octanol–water partition coefficient (Wildman–Crippen LogP) is 15.5. The second-order valence-electron chi connectivity index (χ2n) is 15.6. The molecule has 5 aromatic carbocycles. The average Bonchev–Trinajstić information content (AvgIpc) is 3.29. The van der Waals surface area contributed by atoms with Crippen LogP contribution in [0, 0.1) is 0 Å². The van der Waals surface area contributed by atoms with Crippen molar-refractivity contribution < 1.29 is 23.8 Å². The zero-order valence-electron chi connectivity index (χ0n) is 36.2. The van der Waals surface area contributed by atoms with Gasteiger partial charge in [-0.2, -0.15) is 10.2 Å². The number of rotatable bonds is 27. The van der Waals surface area contributed by atoms with Crippen LogP contribution in [0.1, 0.15) is 148 Å². The van der Waals surface area contributed by atoms with Crippen LogP contribution in [0.2, 0.25) is 0 Å². The number of hydrogen-bond donors (Lipinski definition) is 0. The summed E-state index contributed by atoms with van der Waals surface area (Å²) >= 11 is 0. The first-order valence-corrected chi connectivity index (χ1v) is 22.5. The minimum atomic E-state index is -0.495. The average molecular weight is 822 g/mol. The molecular weight excluding hydrogens is 759 g/mol. The van der Waals surface area contributed by atoms with Crippen LogP contribution in [-0.4, -0.2) is 24.8 Å². The minimum Gasteiger partial charge on any atom is -0.494 e. The maximum atomic E-state index is 13.0. The molecule has 5 aromatic rings. The van der Waals surface area contributed by atoms with Gasteiger partial charge >= 0.3 is 11.9 Å². The lowest BCUT2D eigenvalue weighted by molar-refractivity contribution is 0.0725. The quantitative estimate of drug-likeness (QED) is 0.0173. The van der Waals surface area contributed by atoms with Gasteiger partial charge in [0.15, 0.2) is 0 Å². The Morgan fingerprint density at radius 2 is 0.967 bits per heavy atom. The van der Waals surface area contributed by atoms with Crippen LogP contribution in [0.5, 0.6) is 17.2 Å². The number of aliphatic imine (C=N–C) groups is 1. The Hall–Kier alpha value is -5.89. The summed E-state index contributed by atoms with van der Waals surface area (Å²) < 4.78 is 17.0. The van der Waals surface area contributed by atoms with E-state index in [9.17, 15) is 9.59 Å². The molecule has 0 unspecified atom stereocenters. The molecule has 0 aliphatic rings. The van der Waals surface area contributed by atoms with Crippen LogP contribution in [0.25, 0.3) is 0 Å². The summed E-state index contributed by atoms with van der Waals surface area (Å²) in [5, 5.41) is 8.75. The zero-order valence-corrected chi connectivity index (χ0v) is 36.2. The highest BCUT2D eigenvalue weighted by atomic mass is 16.5. The molecule has 0 radical (unpaired) electrons. The zero-order chi connectivity index (χ0) is 42.7. The fourth-order valence-corrected chi connectivity index (χ4v) is 6.82. The molecule has 0 fully saturated rings. The van der Waals surface area contributed by atoms with E-state index in [1.165, 1.54) is 102 Å². The van der Waals surface area contributed by atoms with Crippen molar-refractivity contribution in [3.8, 4) is 17.2 Å². The van der Waals surface area contributed by atoms with Gasteiger partial charge in [0, 0.05) is 6.21 Å². The molecule has 0 amide bonds. The van der Waals surface area contributed by atoms with Gasteiger partial charge in [0.2, 0.25) is 0 Å². The van der Waals surface area contributed by atoms with E-state index in [4.69, 9.17) is 14.2 Å². The lowest BCUT2D eigenvalue weighted by atomic mass is 10.0. The first kappa shape index (κ1) is 46.2. The van der Waals surface area contributed by atoms with Crippen molar-refractivity contribution in [1.29, 1.82) is 0 Å². The summed E-state index contributed by atoms with van der Waals surface area (Å²) in [5.41, 5.74) is 4.99. The highest BCUT2D eigenvalue weighted by Crippen LogP contribution is 2.24. The topological polar surface area (TPSA) is 98.9 Å². The third-order valence-corrected chi connectivity index (χ3v) is 10.5. The van der Waals surface area contributed by atoms with Crippen molar-refractivity contribution >= 4 is 35.2 Å². The van der Waals surface area contributed by atoms with Gasteiger partial charge in [0.25, 0.3) is 0 Å². The second kappa shape index (κ2) is 27.1. The molecule has 0 bridgehead atoms. The van der Waals surface area contributed by atoms with Crippen molar-refractivity contribution in [2.24, 2.45) is 15.2 Å². The van der Waals surface area contributed by atoms with Gasteiger partial charge < -0.3 is 14.2 Å². The fourth-order valence-electron chi connectivity index (χ4n) is 6.82. The lowest BCUT2D eigenvalue weighted by Gasteiger charge is -2.08. The first-order chi connectivity index (χ1) is 30.0. The van der Waals surface area contributed by atoms with Gasteiger partial charge in [-0.1, -0.05) is 122 Å². The number of ether oxygens (including phenoxy) is 3. The highest BCUT2D eigenvalue weighted by molar-refractivity contribution is 5.93. The Balaban J connectivity index is 1.01. The second-order valence-corrected chi connectivity index (χ2v) is 15.6. The molecule has 0 aliphatic carbocycles. The third kappa shape index (κ3) is 17.7. The van der Waals surface area contributed by atoms with Crippen LogP contribution in [-0.2, 0) is 6.42 Å². The van der Waals surface area contributed by atoms with E-state index in [0.29, 0.717) is 40.6 Å². The van der Waals surface area contributed by atoms with Crippen molar-refractivity contribution in [2.45, 2.75) is 123 Å². The fraction of sp³-hybridized carbons (Fsp3) is 0.377. The Kier molecular flexibility index (Phi) is 20.5. The summed E-state index contributed by atoms with van der Waals surface area (Å²) in [6.45, 7) is 5.16. The van der Waals surface area contributed by atoms with Crippen molar-refractivity contribution in [1.82, 2.24) is 0 Å². The normalized spacial score (nSPS) is 11.3. The van der Waals surface area contributed by atoms with Gasteiger partial charge in [-0.15, -0.1) is 0 Å². The van der Waals surface area contributed by atoms with E-state index in [1.807, 2.05) is 24.3 Å². The van der Waals surface area contributed by atoms with Crippen LogP contribution < -0.4 is 14.2 Å². The molecule has 0 aromatic heterocycles. The Labute approximate surface area is 363 Å². The van der Waals surface area contributed by atoms with Gasteiger partial charge in [-0.3, -0.25) is 4.99 Å². The van der Waals surface area contributed by atoms with Gasteiger partial charge in [0.05, 0.1) is 34.8 Å². The molecule has 61 heavy (non-hydrogen) atoms. The Bertz CT molecular complexity index is 2080. The minimum absolute atomic E-state index is 0.370. The Morgan fingerprint density at radius 1 is 0.475 bits per heavy atom. The van der Waals surface area contributed by atoms with Gasteiger partial charge in [0.1, 0.15) is 17.2 Å². The molecule has 0 N–H and O–H groups in total. The lowest BCUT2D eigenvalue weighted by Crippen LogP contribution is -2.08. The van der Waals surface area contributed by atoms with E-state index < -0.39 is 11.9 Å². The molecule has 8 nitrogen and oxygen atoms in total. The van der Waals surface area contributed by atoms with Gasteiger partial charge in [-0.25, -0.2) is 9.59 Å². The van der Waals surface area contributed by atoms with Crippen molar-refractivity contribution in [3.05, 3.63) is 144 Å². The molecule has 0 aliphatic heterocycles. The molecule has 0 saturated carbocycles. The van der Waals surface area contributed by atoms with Gasteiger partial charge in [-0.05, 0) is 134 Å². The predicted molar refractivity (Wildman–Crippen MR) is 248 cm³/mol. The number of carbonyl (C=O) groups excluding carboxylic acids is 2. The Morgan fingerprint density at radius 3 is 1.56 bits per heavy atom. The summed E-state index contributed by atoms with van der Waals surface area (Å²) in [6, 6.07) is 36.2. The number of nitrogens with zero attached hydrogens (tertiary/aromatic N) is 3. The summed E-state index contributed by atoms with van der Waals surface area (Å²) in [7, 11) is 0. The van der Waals surface area contributed by atoms with E-state index in [2.05, 4.69) is 41.2 Å². The first-order valence-electron chi connectivity index (χ1n) is 22.5. The summed E-state index contributed by atoms with van der Waals surface area (Å²) in [5.74, 6) is 0.628. The number of azo groups is 1. The van der Waals surface area contributed by atoms with E-state index in [1.54, 1.807) is 91.1 Å². The van der Waals surface area contributed by atoms with Crippen LogP contribution >= 0.6 is 0 Å². The summed E-state index contributed by atoms with van der Waals surface area (Å²) in [4.78, 5) is 30.3. The van der Waals surface area contributed by atoms with Crippen molar-refractivity contribution in [3.63, 3.8) is 0 Å². The summed E-state index contributed by atoms with van der Waals surface area (Å²) in [6.07, 6.45) is 23.4. The third-order valence-electron chi connectivity index (χ3n) is 10.5. The largest absolute Gasteiger partial charge is 0.494 e. The molecule has 0 heterocycles. The van der Waals surface area contributed by atoms with Crippen LogP contribution in [0.3, 0.4) is 0 Å². The number of hydrogen-bond acceptors (Lipinski definition) is 8. The maximum Gasteiger partial charge on any atom is 0.343 e. The van der Waals surface area contributed by atoms with E-state index in [-0.39, 0.29) is 0 Å². The standard InChI is InChI=1S/C53H63N3O5/c1-3-5-7-9-11-12-13-14-15-17-20-42-23-29-46(30-24-42)55-56-47-31-37-51(38-32-47)61-53(58)45-21-19-22-48(40-45)54-41-43-25-33-50(34-26-43)60-52(57)44-27-35-49(36-28-44)59-39-18-16-10-8-6-4-2/h19,21-38,40-41H,3-18,20,39H2,1-2H3.